The Morgan fingerprint density at radius 1 is 1.11 bits per heavy atom. The van der Waals surface area contributed by atoms with E-state index in [1.165, 1.54) is 31.5 Å². The molecule has 19 heavy (non-hydrogen) atoms. The Bertz CT molecular complexity index is 410. The predicted molar refractivity (Wildman–Crippen MR) is 76.3 cm³/mol. The molecule has 0 radical (unpaired) electrons. The number of hydrogen-bond donors (Lipinski definition) is 1. The van der Waals surface area contributed by atoms with Gasteiger partial charge in [0, 0.05) is 31.5 Å². The van der Waals surface area contributed by atoms with Gasteiger partial charge in [-0.3, -0.25) is 0 Å². The Morgan fingerprint density at radius 2 is 1.79 bits per heavy atom. The molecule has 5 nitrogen and oxygen atoms in total. The highest BCUT2D eigenvalue weighted by atomic mass is 15.3. The van der Waals surface area contributed by atoms with Gasteiger partial charge in [-0.05, 0) is 50.9 Å². The van der Waals surface area contributed by atoms with Crippen LogP contribution in [0.1, 0.15) is 30.7 Å². The zero-order valence-corrected chi connectivity index (χ0v) is 11.6. The molecule has 0 aliphatic carbocycles. The summed E-state index contributed by atoms with van der Waals surface area (Å²) >= 11 is 0. The van der Waals surface area contributed by atoms with E-state index in [1.807, 2.05) is 12.4 Å². The fourth-order valence-corrected chi connectivity index (χ4v) is 3.02. The first-order valence-electron chi connectivity index (χ1n) is 7.23. The van der Waals surface area contributed by atoms with Gasteiger partial charge >= 0.3 is 0 Å². The van der Waals surface area contributed by atoms with Gasteiger partial charge in [-0.25, -0.2) is 9.97 Å². The lowest BCUT2D eigenvalue weighted by Crippen LogP contribution is -2.29. The number of anilines is 1. The third kappa shape index (κ3) is 2.87. The lowest BCUT2D eigenvalue weighted by Gasteiger charge is -2.29. The van der Waals surface area contributed by atoms with E-state index in [2.05, 4.69) is 26.8 Å². The lowest BCUT2D eigenvalue weighted by atomic mass is 9.92. The van der Waals surface area contributed by atoms with Gasteiger partial charge in [-0.15, -0.1) is 0 Å². The summed E-state index contributed by atoms with van der Waals surface area (Å²) in [6.07, 6.45) is 7.51. The van der Waals surface area contributed by atoms with Crippen LogP contribution in [0.4, 0.5) is 5.95 Å². The van der Waals surface area contributed by atoms with Crippen molar-refractivity contribution in [3.8, 4) is 0 Å². The van der Waals surface area contributed by atoms with Gasteiger partial charge in [0.15, 0.2) is 0 Å². The first-order valence-corrected chi connectivity index (χ1v) is 7.23. The topological polar surface area (TPSA) is 58.3 Å². The van der Waals surface area contributed by atoms with Crippen LogP contribution in [-0.4, -0.2) is 54.1 Å². The Labute approximate surface area is 114 Å². The van der Waals surface area contributed by atoms with Crippen molar-refractivity contribution in [1.29, 1.82) is 0 Å². The molecule has 0 saturated carbocycles. The van der Waals surface area contributed by atoms with Crippen LogP contribution < -0.4 is 10.6 Å². The van der Waals surface area contributed by atoms with E-state index < -0.39 is 0 Å². The molecule has 3 rings (SSSR count). The molecule has 1 aromatic rings. The summed E-state index contributed by atoms with van der Waals surface area (Å²) in [6.45, 7) is 4.21. The van der Waals surface area contributed by atoms with E-state index in [0.717, 1.165) is 25.5 Å². The summed E-state index contributed by atoms with van der Waals surface area (Å²) in [5, 5.41) is 0. The minimum Gasteiger partial charge on any atom is -0.339 e. The Morgan fingerprint density at radius 3 is 2.37 bits per heavy atom. The van der Waals surface area contributed by atoms with Gasteiger partial charge in [-0.2, -0.15) is 0 Å². The summed E-state index contributed by atoms with van der Waals surface area (Å²) < 4.78 is 0. The zero-order chi connectivity index (χ0) is 13.2. The van der Waals surface area contributed by atoms with Gasteiger partial charge in [0.05, 0.1) is 0 Å². The summed E-state index contributed by atoms with van der Waals surface area (Å²) in [4.78, 5) is 13.6. The summed E-state index contributed by atoms with van der Waals surface area (Å²) in [5.74, 6) is 1.47. The molecule has 104 valence electrons. The number of rotatable bonds is 2. The summed E-state index contributed by atoms with van der Waals surface area (Å²) in [6, 6.07) is 0.275. The Hall–Kier alpha value is -1.20. The number of aromatic nitrogens is 2. The average molecular weight is 261 g/mol. The van der Waals surface area contributed by atoms with Gasteiger partial charge in [0.1, 0.15) is 0 Å². The van der Waals surface area contributed by atoms with E-state index in [9.17, 15) is 0 Å². The molecule has 0 aromatic carbocycles. The van der Waals surface area contributed by atoms with E-state index in [1.54, 1.807) is 0 Å². The van der Waals surface area contributed by atoms with Crippen molar-refractivity contribution in [2.45, 2.75) is 31.2 Å². The number of nitrogens with two attached hydrogens (primary N) is 1. The molecule has 0 amide bonds. The second kappa shape index (κ2) is 5.43. The predicted octanol–water partition coefficient (Wildman–Crippen LogP) is 0.823. The van der Waals surface area contributed by atoms with E-state index in [-0.39, 0.29) is 6.04 Å². The van der Waals surface area contributed by atoms with E-state index >= 15 is 0 Å². The van der Waals surface area contributed by atoms with E-state index in [4.69, 9.17) is 5.73 Å². The molecule has 1 aromatic heterocycles. The SMILES string of the molecule is CN1CCC(c2cnc(N3CCC(N)C3)nc2)CC1. The van der Waals surface area contributed by atoms with Crippen LogP contribution in [0.3, 0.4) is 0 Å². The average Bonchev–Trinajstić information content (AvgIpc) is 2.87. The molecule has 1 unspecified atom stereocenters. The first kappa shape index (κ1) is 12.8. The fraction of sp³-hybridized carbons (Fsp3) is 0.714. The minimum atomic E-state index is 0.275. The second-order valence-electron chi connectivity index (χ2n) is 5.89. The molecule has 3 heterocycles. The largest absolute Gasteiger partial charge is 0.339 e. The van der Waals surface area contributed by atoms with Crippen LogP contribution >= 0.6 is 0 Å². The van der Waals surface area contributed by atoms with Crippen LogP contribution in [0.15, 0.2) is 12.4 Å². The van der Waals surface area contributed by atoms with Crippen LogP contribution in [0, 0.1) is 0 Å². The minimum absolute atomic E-state index is 0.275. The molecule has 5 heteroatoms. The van der Waals surface area contributed by atoms with Crippen molar-refractivity contribution in [1.82, 2.24) is 14.9 Å². The number of likely N-dealkylation sites (tertiary alicyclic amines) is 1. The molecule has 0 spiro atoms. The van der Waals surface area contributed by atoms with Gasteiger partial charge < -0.3 is 15.5 Å². The number of nitrogens with zero attached hydrogens (tertiary/aromatic N) is 4. The fourth-order valence-electron chi connectivity index (χ4n) is 3.02. The molecule has 2 aliphatic rings. The Kier molecular flexibility index (Phi) is 3.66. The highest BCUT2D eigenvalue weighted by Gasteiger charge is 2.22. The number of piperidine rings is 1. The molecule has 0 bridgehead atoms. The second-order valence-corrected chi connectivity index (χ2v) is 5.89. The molecule has 2 N–H and O–H groups in total. The highest BCUT2D eigenvalue weighted by Crippen LogP contribution is 2.27. The molecule has 2 fully saturated rings. The maximum absolute atomic E-state index is 5.92. The standard InChI is InChI=1S/C14H23N5/c1-18-5-2-11(3-6-18)12-8-16-14(17-9-12)19-7-4-13(15)10-19/h8-9,11,13H,2-7,10,15H2,1H3. The normalized spacial score (nSPS) is 26.0. The monoisotopic (exact) mass is 261 g/mol. The van der Waals surface area contributed by atoms with Crippen molar-refractivity contribution in [3.05, 3.63) is 18.0 Å². The van der Waals surface area contributed by atoms with Gasteiger partial charge in [0.25, 0.3) is 0 Å². The van der Waals surface area contributed by atoms with Crippen LogP contribution in [-0.2, 0) is 0 Å². The summed E-state index contributed by atoms with van der Waals surface area (Å²) in [5.41, 5.74) is 7.21. The lowest BCUT2D eigenvalue weighted by molar-refractivity contribution is 0.255. The first-order chi connectivity index (χ1) is 9.22. The zero-order valence-electron chi connectivity index (χ0n) is 11.6. The van der Waals surface area contributed by atoms with Crippen molar-refractivity contribution in [2.24, 2.45) is 5.73 Å². The van der Waals surface area contributed by atoms with E-state index in [0.29, 0.717) is 5.92 Å². The van der Waals surface area contributed by atoms with Crippen LogP contribution in [0.25, 0.3) is 0 Å². The van der Waals surface area contributed by atoms with Gasteiger partial charge in [-0.1, -0.05) is 0 Å². The van der Waals surface area contributed by atoms with Crippen molar-refractivity contribution in [2.75, 3.05) is 38.1 Å². The maximum atomic E-state index is 5.92. The van der Waals surface area contributed by atoms with Crippen LogP contribution in [0.5, 0.6) is 0 Å². The molecular weight excluding hydrogens is 238 g/mol. The quantitative estimate of drug-likeness (QED) is 0.854. The Balaban J connectivity index is 1.65. The third-order valence-corrected chi connectivity index (χ3v) is 4.36. The molecule has 1 atom stereocenters. The molecular formula is C14H23N5. The highest BCUT2D eigenvalue weighted by molar-refractivity contribution is 5.32. The van der Waals surface area contributed by atoms with Crippen LogP contribution in [0.2, 0.25) is 0 Å². The molecule has 2 aliphatic heterocycles. The van der Waals surface area contributed by atoms with Crippen molar-refractivity contribution < 1.29 is 0 Å². The smallest absolute Gasteiger partial charge is 0.225 e. The van der Waals surface area contributed by atoms with Crippen molar-refractivity contribution in [3.63, 3.8) is 0 Å². The number of hydrogen-bond acceptors (Lipinski definition) is 5. The molecule has 2 saturated heterocycles. The maximum Gasteiger partial charge on any atom is 0.225 e. The van der Waals surface area contributed by atoms with Gasteiger partial charge in [0.2, 0.25) is 5.95 Å². The van der Waals surface area contributed by atoms with Crippen molar-refractivity contribution >= 4 is 5.95 Å². The third-order valence-electron chi connectivity index (χ3n) is 4.36. The summed E-state index contributed by atoms with van der Waals surface area (Å²) in [7, 11) is 2.19.